The first-order valence-corrected chi connectivity index (χ1v) is 12.5. The molecule has 4 aromatic rings. The summed E-state index contributed by atoms with van der Waals surface area (Å²) in [6.45, 7) is 0.641. The van der Waals surface area contributed by atoms with Gasteiger partial charge in [-0.05, 0) is 49.2 Å². The van der Waals surface area contributed by atoms with Crippen LogP contribution >= 0.6 is 0 Å². The predicted octanol–water partition coefficient (Wildman–Crippen LogP) is 4.49. The van der Waals surface area contributed by atoms with E-state index in [0.29, 0.717) is 36.4 Å². The summed E-state index contributed by atoms with van der Waals surface area (Å²) >= 11 is 0. The Morgan fingerprint density at radius 1 is 0.927 bits per heavy atom. The lowest BCUT2D eigenvalue weighted by molar-refractivity contribution is -0.131. The number of carbonyl (C=O) groups is 2. The smallest absolute Gasteiger partial charge is 0.257 e. The number of aromatic nitrogens is 3. The number of nitrogens with one attached hydrogen (secondary N) is 2. The topological polar surface area (TPSA) is 134 Å². The number of hydrogen-bond donors (Lipinski definition) is 2. The van der Waals surface area contributed by atoms with Crippen LogP contribution in [0.3, 0.4) is 0 Å². The van der Waals surface area contributed by atoms with Gasteiger partial charge in [-0.15, -0.1) is 0 Å². The highest BCUT2D eigenvalue weighted by Crippen LogP contribution is 2.47. The zero-order chi connectivity index (χ0) is 29.0. The van der Waals surface area contributed by atoms with Gasteiger partial charge in [-0.3, -0.25) is 9.59 Å². The molecule has 1 aliphatic rings. The summed E-state index contributed by atoms with van der Waals surface area (Å²) in [6, 6.07) is 10.6. The molecule has 1 saturated carbocycles. The maximum atomic E-state index is 15.0. The third-order valence-corrected chi connectivity index (χ3v) is 6.37. The lowest BCUT2D eigenvalue weighted by Crippen LogP contribution is -2.35. The Labute approximate surface area is 232 Å². The summed E-state index contributed by atoms with van der Waals surface area (Å²) in [5.41, 5.74) is -0.465. The lowest BCUT2D eigenvalue weighted by Gasteiger charge is -2.16. The molecule has 5 rings (SSSR count). The first kappa shape index (κ1) is 27.6. The molecule has 2 aromatic carbocycles. The number of pyridine rings is 1. The number of fused-ring (bicyclic) bond motifs is 1. The van der Waals surface area contributed by atoms with Gasteiger partial charge in [0.05, 0.1) is 19.4 Å². The van der Waals surface area contributed by atoms with Gasteiger partial charge in [-0.25, -0.2) is 18.7 Å². The largest absolute Gasteiger partial charge is 0.485 e. The van der Waals surface area contributed by atoms with Crippen LogP contribution in [-0.2, 0) is 14.3 Å². The Hall–Kier alpha value is -4.91. The van der Waals surface area contributed by atoms with Gasteiger partial charge >= 0.3 is 0 Å². The molecular formula is C28H25F2N5O6. The monoisotopic (exact) mass is 565 g/mol. The van der Waals surface area contributed by atoms with Crippen molar-refractivity contribution in [2.75, 3.05) is 38.1 Å². The van der Waals surface area contributed by atoms with Gasteiger partial charge in [0.1, 0.15) is 41.2 Å². The fourth-order valence-corrected chi connectivity index (χ4v) is 3.97. The quantitative estimate of drug-likeness (QED) is 0.199. The molecule has 0 spiro atoms. The number of methoxy groups -OCH3 is 2. The van der Waals surface area contributed by atoms with Crippen LogP contribution in [0.5, 0.6) is 23.3 Å². The van der Waals surface area contributed by atoms with Gasteiger partial charge in [0.2, 0.25) is 17.7 Å². The average molecular weight is 566 g/mol. The van der Waals surface area contributed by atoms with Crippen molar-refractivity contribution in [3.05, 3.63) is 66.5 Å². The Kier molecular flexibility index (Phi) is 7.88. The Balaban J connectivity index is 1.29. The van der Waals surface area contributed by atoms with Crippen molar-refractivity contribution in [3.8, 4) is 23.3 Å². The van der Waals surface area contributed by atoms with E-state index in [2.05, 4.69) is 25.6 Å². The van der Waals surface area contributed by atoms with E-state index in [1.807, 2.05) is 0 Å². The molecule has 41 heavy (non-hydrogen) atoms. The van der Waals surface area contributed by atoms with Crippen LogP contribution in [0.15, 0.2) is 54.9 Å². The van der Waals surface area contributed by atoms with Gasteiger partial charge in [0.25, 0.3) is 5.88 Å². The number of hydrogen-bond acceptors (Lipinski definition) is 9. The van der Waals surface area contributed by atoms with Gasteiger partial charge in [0.15, 0.2) is 11.3 Å². The van der Waals surface area contributed by atoms with Crippen molar-refractivity contribution in [1.82, 2.24) is 15.0 Å². The van der Waals surface area contributed by atoms with Gasteiger partial charge < -0.3 is 29.6 Å². The van der Waals surface area contributed by atoms with Crippen molar-refractivity contribution in [2.24, 2.45) is 5.41 Å². The molecule has 0 atom stereocenters. The number of halogens is 2. The number of anilines is 2. The fourth-order valence-electron chi connectivity index (χ4n) is 3.97. The van der Waals surface area contributed by atoms with E-state index in [9.17, 15) is 14.0 Å². The van der Waals surface area contributed by atoms with Crippen LogP contribution in [-0.4, -0.2) is 54.2 Å². The molecule has 2 N–H and O–H groups in total. The zero-order valence-electron chi connectivity index (χ0n) is 22.1. The zero-order valence-corrected chi connectivity index (χ0v) is 22.1. The Morgan fingerprint density at radius 2 is 1.68 bits per heavy atom. The van der Waals surface area contributed by atoms with Gasteiger partial charge in [-0.2, -0.15) is 4.98 Å². The molecule has 13 heteroatoms. The predicted molar refractivity (Wildman–Crippen MR) is 143 cm³/mol. The van der Waals surface area contributed by atoms with E-state index in [4.69, 9.17) is 18.9 Å². The maximum Gasteiger partial charge on any atom is 0.257 e. The first-order valence-electron chi connectivity index (χ1n) is 12.5. The minimum Gasteiger partial charge on any atom is -0.485 e. The molecule has 212 valence electrons. The molecule has 11 nitrogen and oxygen atoms in total. The van der Waals surface area contributed by atoms with E-state index in [0.717, 1.165) is 6.07 Å². The van der Waals surface area contributed by atoms with Crippen molar-refractivity contribution in [1.29, 1.82) is 0 Å². The third-order valence-electron chi connectivity index (χ3n) is 6.37. The summed E-state index contributed by atoms with van der Waals surface area (Å²) < 4.78 is 49.9. The molecular weight excluding hydrogens is 540 g/mol. The number of benzene rings is 2. The van der Waals surface area contributed by atoms with E-state index in [1.165, 1.54) is 49.8 Å². The molecule has 0 bridgehead atoms. The third kappa shape index (κ3) is 5.99. The highest BCUT2D eigenvalue weighted by molar-refractivity contribution is 6.16. The van der Waals surface area contributed by atoms with Crippen LogP contribution in [0.2, 0.25) is 0 Å². The second-order valence-corrected chi connectivity index (χ2v) is 9.12. The maximum absolute atomic E-state index is 15.0. The first-order chi connectivity index (χ1) is 19.8. The molecule has 0 saturated heterocycles. The van der Waals surface area contributed by atoms with E-state index < -0.39 is 28.9 Å². The van der Waals surface area contributed by atoms with E-state index in [1.54, 1.807) is 13.2 Å². The van der Waals surface area contributed by atoms with Crippen LogP contribution in [0.25, 0.3) is 11.0 Å². The Morgan fingerprint density at radius 3 is 2.37 bits per heavy atom. The molecule has 2 amide bonds. The van der Waals surface area contributed by atoms with Crippen LogP contribution in [0, 0.1) is 17.0 Å². The van der Waals surface area contributed by atoms with E-state index in [-0.39, 0.29) is 35.3 Å². The lowest BCUT2D eigenvalue weighted by atomic mass is 10.0. The molecule has 0 radical (unpaired) electrons. The summed E-state index contributed by atoms with van der Waals surface area (Å²) in [6.07, 6.45) is 1.86. The number of rotatable bonds is 11. The Bertz CT molecular complexity index is 1600. The van der Waals surface area contributed by atoms with Crippen molar-refractivity contribution in [3.63, 3.8) is 0 Å². The fraction of sp³-hybridized carbons (Fsp3) is 0.250. The van der Waals surface area contributed by atoms with Crippen molar-refractivity contribution in [2.45, 2.75) is 12.8 Å². The number of amides is 2. The van der Waals surface area contributed by atoms with Crippen LogP contribution in [0.4, 0.5) is 20.2 Å². The SMILES string of the molecule is COCCOc1cc2ncnc(Oc3ccc(NC(=O)C4(C(=O)Nc5ccc(F)cc5)CC4)c(F)c3)c2nc1OC. The highest BCUT2D eigenvalue weighted by Gasteiger charge is 2.56. The second kappa shape index (κ2) is 11.7. The standard InChI is InChI=1S/C28H25F2N5O6/c1-38-11-12-40-22-14-21-23(35-24(22)39-2)25(32-15-31-21)41-18-7-8-20(19(30)13-18)34-27(37)28(9-10-28)26(36)33-17-5-3-16(29)4-6-17/h3-8,13-15H,9-12H2,1-2H3,(H,33,36)(H,34,37). The minimum absolute atomic E-state index is 0.0438. The molecule has 1 aliphatic carbocycles. The summed E-state index contributed by atoms with van der Waals surface area (Å²) in [4.78, 5) is 38.4. The number of carbonyl (C=O) groups excluding carboxylic acids is 2. The minimum atomic E-state index is -1.34. The molecule has 1 fully saturated rings. The van der Waals surface area contributed by atoms with Gasteiger partial charge in [0, 0.05) is 24.9 Å². The van der Waals surface area contributed by atoms with Crippen molar-refractivity contribution >= 4 is 34.2 Å². The number of nitrogens with zero attached hydrogens (tertiary/aromatic N) is 3. The molecule has 2 aromatic heterocycles. The molecule has 0 aliphatic heterocycles. The summed E-state index contributed by atoms with van der Waals surface area (Å²) in [5.74, 6) is -1.78. The van der Waals surface area contributed by atoms with Gasteiger partial charge in [-0.1, -0.05) is 0 Å². The highest BCUT2D eigenvalue weighted by atomic mass is 19.1. The normalized spacial score (nSPS) is 13.4. The average Bonchev–Trinajstić information content (AvgIpc) is 3.78. The summed E-state index contributed by atoms with van der Waals surface area (Å²) in [7, 11) is 2.99. The molecule has 0 unspecified atom stereocenters. The second-order valence-electron chi connectivity index (χ2n) is 9.12. The summed E-state index contributed by atoms with van der Waals surface area (Å²) in [5, 5.41) is 5.09. The van der Waals surface area contributed by atoms with Crippen LogP contribution < -0.4 is 24.8 Å². The van der Waals surface area contributed by atoms with E-state index >= 15 is 4.39 Å². The number of ether oxygens (including phenoxy) is 4. The molecule has 2 heterocycles. The van der Waals surface area contributed by atoms with Crippen molar-refractivity contribution < 1.29 is 37.3 Å². The van der Waals surface area contributed by atoms with Crippen LogP contribution in [0.1, 0.15) is 12.8 Å².